The van der Waals surface area contributed by atoms with Gasteiger partial charge < -0.3 is 5.73 Å². The molecule has 0 amide bonds. The van der Waals surface area contributed by atoms with Crippen LogP contribution in [0, 0.1) is 0 Å². The highest BCUT2D eigenvalue weighted by Crippen LogP contribution is 2.20. The van der Waals surface area contributed by atoms with Gasteiger partial charge in [-0.15, -0.1) is 0 Å². The van der Waals surface area contributed by atoms with Crippen LogP contribution in [0.4, 0.5) is 5.69 Å². The number of anilines is 1. The normalized spacial score (nSPS) is 14.8. The van der Waals surface area contributed by atoms with E-state index in [1.54, 1.807) is 0 Å². The quantitative estimate of drug-likeness (QED) is 0.774. The maximum atomic E-state index is 5.91. The summed E-state index contributed by atoms with van der Waals surface area (Å²) in [4.78, 5) is 0. The van der Waals surface area contributed by atoms with Crippen molar-refractivity contribution in [2.75, 3.05) is 5.73 Å². The van der Waals surface area contributed by atoms with Crippen molar-refractivity contribution in [2.24, 2.45) is 0 Å². The molecule has 18 heavy (non-hydrogen) atoms. The molecule has 1 aromatic rings. The second kappa shape index (κ2) is 5.05. The van der Waals surface area contributed by atoms with Gasteiger partial charge in [-0.25, -0.2) is 0 Å². The molecule has 0 saturated heterocycles. The smallest absolute Gasteiger partial charge is 0.203 e. The van der Waals surface area contributed by atoms with Crippen LogP contribution in [0.2, 0.25) is 0 Å². The molecule has 0 atom stereocenters. The minimum Gasteiger partial charge on any atom is -0.399 e. The van der Waals surface area contributed by atoms with E-state index in [9.17, 15) is 0 Å². The van der Waals surface area contributed by atoms with Crippen LogP contribution in [-0.4, -0.2) is 5.71 Å². The Bertz CT molecular complexity index is 562. The lowest BCUT2D eigenvalue weighted by atomic mass is 9.95. The first-order valence-electron chi connectivity index (χ1n) is 6.17. The van der Waals surface area contributed by atoms with Crippen molar-refractivity contribution in [3.05, 3.63) is 65.3 Å². The third-order valence-corrected chi connectivity index (χ3v) is 3.20. The Morgan fingerprint density at radius 2 is 2.06 bits per heavy atom. The highest BCUT2D eigenvalue weighted by molar-refractivity contribution is 6.07. The summed E-state index contributed by atoms with van der Waals surface area (Å²) in [5, 5.41) is 5.77. The van der Waals surface area contributed by atoms with E-state index in [0.29, 0.717) is 0 Å². The van der Waals surface area contributed by atoms with Crippen LogP contribution < -0.4 is 11.1 Å². The molecule has 92 valence electrons. The molecule has 4 N–H and O–H groups in total. The number of hydrogen-bond donors (Lipinski definition) is 2. The van der Waals surface area contributed by atoms with E-state index in [1.807, 2.05) is 24.3 Å². The van der Waals surface area contributed by atoms with Gasteiger partial charge in [-0.05, 0) is 41.7 Å². The number of nitrogen functional groups attached to an aromatic ring is 1. The van der Waals surface area contributed by atoms with E-state index in [2.05, 4.69) is 25.6 Å². The van der Waals surface area contributed by atoms with Gasteiger partial charge in [0.1, 0.15) is 0 Å². The SMILES string of the molecule is C=C1C=C(Cc2ccc(N)c(CC)c2)C=CC1=[NH2+]. The Balaban J connectivity index is 2.20. The minimum absolute atomic E-state index is 0.741. The van der Waals surface area contributed by atoms with Crippen molar-refractivity contribution in [1.29, 1.82) is 0 Å². The predicted octanol–water partition coefficient (Wildman–Crippen LogP) is 1.63. The summed E-state index contributed by atoms with van der Waals surface area (Å²) in [5.74, 6) is 0. The average molecular weight is 239 g/mol. The lowest BCUT2D eigenvalue weighted by molar-refractivity contribution is -0.111. The molecule has 0 fully saturated rings. The first kappa shape index (κ1) is 12.4. The zero-order chi connectivity index (χ0) is 13.1. The Kier molecular flexibility index (Phi) is 3.47. The summed E-state index contributed by atoms with van der Waals surface area (Å²) < 4.78 is 0. The molecule has 1 aromatic carbocycles. The molecular weight excluding hydrogens is 220 g/mol. The minimum atomic E-state index is 0.741. The fourth-order valence-corrected chi connectivity index (χ4v) is 2.08. The lowest BCUT2D eigenvalue weighted by Crippen LogP contribution is -2.39. The third kappa shape index (κ3) is 2.59. The van der Waals surface area contributed by atoms with Crippen LogP contribution in [0.25, 0.3) is 0 Å². The molecule has 2 nitrogen and oxygen atoms in total. The largest absolute Gasteiger partial charge is 0.399 e. The molecule has 1 aliphatic rings. The van der Waals surface area contributed by atoms with Crippen LogP contribution in [0.3, 0.4) is 0 Å². The van der Waals surface area contributed by atoms with Gasteiger partial charge in [-0.1, -0.05) is 31.7 Å². The Morgan fingerprint density at radius 1 is 1.28 bits per heavy atom. The zero-order valence-corrected chi connectivity index (χ0v) is 10.7. The second-order valence-corrected chi connectivity index (χ2v) is 4.60. The Hall–Kier alpha value is -2.09. The summed E-state index contributed by atoms with van der Waals surface area (Å²) in [6, 6.07) is 6.23. The number of aryl methyl sites for hydroxylation is 1. The molecule has 0 spiro atoms. The van der Waals surface area contributed by atoms with Crippen molar-refractivity contribution in [3.8, 4) is 0 Å². The van der Waals surface area contributed by atoms with Crippen LogP contribution in [0.5, 0.6) is 0 Å². The van der Waals surface area contributed by atoms with Crippen molar-refractivity contribution in [1.82, 2.24) is 0 Å². The summed E-state index contributed by atoms with van der Waals surface area (Å²) >= 11 is 0. The van der Waals surface area contributed by atoms with E-state index in [4.69, 9.17) is 11.1 Å². The van der Waals surface area contributed by atoms with E-state index >= 15 is 0 Å². The highest BCUT2D eigenvalue weighted by atomic mass is 14.6. The van der Waals surface area contributed by atoms with Crippen LogP contribution >= 0.6 is 0 Å². The average Bonchev–Trinajstić information content (AvgIpc) is 2.36. The predicted molar refractivity (Wildman–Crippen MR) is 77.2 cm³/mol. The summed E-state index contributed by atoms with van der Waals surface area (Å²) in [5.41, 5.74) is 12.1. The van der Waals surface area contributed by atoms with E-state index in [1.165, 1.54) is 16.7 Å². The van der Waals surface area contributed by atoms with Crippen LogP contribution in [-0.2, 0) is 12.8 Å². The zero-order valence-electron chi connectivity index (χ0n) is 10.7. The van der Waals surface area contributed by atoms with Gasteiger partial charge in [0.25, 0.3) is 0 Å². The van der Waals surface area contributed by atoms with Crippen molar-refractivity contribution in [3.63, 3.8) is 0 Å². The number of allylic oxidation sites excluding steroid dienone is 5. The summed E-state index contributed by atoms with van der Waals surface area (Å²) in [7, 11) is 0. The van der Waals surface area contributed by atoms with E-state index < -0.39 is 0 Å². The molecule has 2 rings (SSSR count). The van der Waals surface area contributed by atoms with Gasteiger partial charge in [-0.2, -0.15) is 0 Å². The molecule has 0 aromatic heterocycles. The first-order chi connectivity index (χ1) is 8.60. The maximum Gasteiger partial charge on any atom is 0.203 e. The number of nitrogens with two attached hydrogens (primary N) is 2. The third-order valence-electron chi connectivity index (χ3n) is 3.20. The van der Waals surface area contributed by atoms with E-state index in [-0.39, 0.29) is 0 Å². The molecule has 2 heteroatoms. The Morgan fingerprint density at radius 3 is 2.72 bits per heavy atom. The first-order valence-corrected chi connectivity index (χ1v) is 6.17. The summed E-state index contributed by atoms with van der Waals surface area (Å²) in [6.45, 7) is 6.04. The van der Waals surface area contributed by atoms with Crippen LogP contribution in [0.1, 0.15) is 18.1 Å². The fourth-order valence-electron chi connectivity index (χ4n) is 2.08. The molecule has 0 saturated carbocycles. The number of hydrogen-bond acceptors (Lipinski definition) is 1. The fraction of sp³-hybridized carbons (Fsp3) is 0.188. The van der Waals surface area contributed by atoms with Crippen molar-refractivity contribution < 1.29 is 5.41 Å². The van der Waals surface area contributed by atoms with Gasteiger partial charge >= 0.3 is 0 Å². The van der Waals surface area contributed by atoms with Crippen molar-refractivity contribution in [2.45, 2.75) is 19.8 Å². The summed E-state index contributed by atoms with van der Waals surface area (Å²) in [6.07, 6.45) is 7.84. The van der Waals surface area contributed by atoms with E-state index in [0.717, 1.165) is 29.8 Å². The van der Waals surface area contributed by atoms with Gasteiger partial charge in [0.15, 0.2) is 0 Å². The maximum absolute atomic E-state index is 5.91. The molecule has 0 aliphatic heterocycles. The molecule has 0 bridgehead atoms. The van der Waals surface area contributed by atoms with Crippen LogP contribution in [0.15, 0.2) is 54.2 Å². The topological polar surface area (TPSA) is 51.6 Å². The molecule has 0 heterocycles. The Labute approximate surface area is 108 Å². The molecule has 0 unspecified atom stereocenters. The second-order valence-electron chi connectivity index (χ2n) is 4.60. The standard InChI is InChI=1S/C16H18N2/c1-3-14-10-13(5-7-16(14)18)9-12-4-6-15(17)11(2)8-12/h4-8,10,17H,2-3,9,18H2,1H3/p+1. The van der Waals surface area contributed by atoms with Crippen molar-refractivity contribution >= 4 is 11.4 Å². The van der Waals surface area contributed by atoms with Gasteiger partial charge in [-0.3, -0.25) is 5.41 Å². The number of benzene rings is 1. The lowest BCUT2D eigenvalue weighted by Gasteiger charge is -2.10. The molecule has 0 radical (unpaired) electrons. The molecule has 1 aliphatic carbocycles. The monoisotopic (exact) mass is 239 g/mol. The molecular formula is C16H19N2+. The highest BCUT2D eigenvalue weighted by Gasteiger charge is 2.09. The van der Waals surface area contributed by atoms with Gasteiger partial charge in [0.05, 0.1) is 0 Å². The van der Waals surface area contributed by atoms with Gasteiger partial charge in [0, 0.05) is 17.3 Å². The van der Waals surface area contributed by atoms with Gasteiger partial charge in [0.2, 0.25) is 5.71 Å². The number of rotatable bonds is 3.